The number of aryl methyl sites for hydroxylation is 8. The Labute approximate surface area is 586 Å². The lowest BCUT2D eigenvalue weighted by Gasteiger charge is -2.40. The predicted octanol–water partition coefficient (Wildman–Crippen LogP) is 24.4. The molecule has 12 aromatic carbocycles. The van der Waals surface area contributed by atoms with Crippen molar-refractivity contribution in [3.63, 3.8) is 0 Å². The van der Waals surface area contributed by atoms with E-state index in [-0.39, 0.29) is 11.8 Å². The van der Waals surface area contributed by atoms with Gasteiger partial charge in [0, 0.05) is 65.9 Å². The largest absolute Gasteiger partial charge is 0.310 e. The summed E-state index contributed by atoms with van der Waals surface area (Å²) in [6.45, 7) is 9.12. The van der Waals surface area contributed by atoms with Gasteiger partial charge in [-0.05, 0) is 269 Å². The van der Waals surface area contributed by atoms with Gasteiger partial charge in [-0.1, -0.05) is 223 Å². The maximum absolute atomic E-state index is 2.57. The summed E-state index contributed by atoms with van der Waals surface area (Å²) in [5, 5.41) is 0.358. The molecule has 474 valence electrons. The number of thioether (sulfide) groups is 1. The van der Waals surface area contributed by atoms with Crippen molar-refractivity contribution in [3.05, 3.63) is 398 Å². The summed E-state index contributed by atoms with van der Waals surface area (Å²) in [7, 11) is 0. The summed E-state index contributed by atoms with van der Waals surface area (Å²) in [6.07, 6.45) is 22.8. The predicted molar refractivity (Wildman–Crippen MR) is 413 cm³/mol. The number of anilines is 6. The molecule has 0 spiro atoms. The fourth-order valence-electron chi connectivity index (χ4n) is 17.3. The van der Waals surface area contributed by atoms with E-state index in [1.165, 1.54) is 141 Å². The molecule has 0 N–H and O–H groups in total. The third-order valence-electron chi connectivity index (χ3n) is 22.2. The number of benzene rings is 12. The van der Waals surface area contributed by atoms with Gasteiger partial charge >= 0.3 is 0 Å². The first-order valence-electron chi connectivity index (χ1n) is 35.0. The number of rotatable bonds is 15. The van der Waals surface area contributed by atoms with E-state index in [1.54, 1.807) is 0 Å². The van der Waals surface area contributed by atoms with Crippen LogP contribution < -0.4 is 9.80 Å². The van der Waals surface area contributed by atoms with Gasteiger partial charge in [0.25, 0.3) is 0 Å². The van der Waals surface area contributed by atoms with Crippen LogP contribution in [0.25, 0.3) is 22.3 Å². The molecule has 0 aliphatic heterocycles. The molecule has 5 atom stereocenters. The van der Waals surface area contributed by atoms with Crippen LogP contribution in [0.4, 0.5) is 34.1 Å². The molecule has 6 aliphatic carbocycles. The second-order valence-electron chi connectivity index (χ2n) is 27.9. The Morgan fingerprint density at radius 1 is 0.378 bits per heavy atom. The van der Waals surface area contributed by atoms with Gasteiger partial charge in [-0.3, -0.25) is 0 Å². The summed E-state index contributed by atoms with van der Waals surface area (Å²) in [4.78, 5) is 8.85. The second kappa shape index (κ2) is 24.5. The highest BCUT2D eigenvalue weighted by molar-refractivity contribution is 8.00. The smallest absolute Gasteiger partial charge is 0.0713 e. The zero-order valence-corrected chi connectivity index (χ0v) is 57.6. The van der Waals surface area contributed by atoms with Crippen molar-refractivity contribution < 1.29 is 0 Å². The Balaban J connectivity index is 0.699. The standard InChI is InChI=1S/C94H76N2S2/c1-61-23-25-63(3)89(55-61)93(71-37-49-79(50-38-71)97-81-47-35-67-27-29-69(67)57-81)87-21-13-11-19-83(87)85-53-45-77(59-91(85)93)95(73-15-7-5-8-16-73)75-41-31-65(32-42-75)66-33-43-76(44-34-66)96(74-17-9-6-10-18-74)78-46-54-86-84-20-12-14-22-88(84)94(92(86)60-78,90-56-62(2)24-26-64(90)4)72-39-51-80(52-40-72)98-82-48-36-68-28-30-70(68)58-82/h5-26,31-51,53-60,80,83,87H,27-30,52H2,1-4H3. The van der Waals surface area contributed by atoms with Gasteiger partial charge in [0.1, 0.15) is 0 Å². The van der Waals surface area contributed by atoms with Crippen molar-refractivity contribution in [1.29, 1.82) is 0 Å². The van der Waals surface area contributed by atoms with Crippen LogP contribution in [-0.2, 0) is 36.5 Å². The van der Waals surface area contributed by atoms with Crippen molar-refractivity contribution in [2.24, 2.45) is 5.92 Å². The Kier molecular flexibility index (Phi) is 15.1. The summed E-state index contributed by atoms with van der Waals surface area (Å²) in [6, 6.07) is 102. The second-order valence-corrected chi connectivity index (χ2v) is 30.4. The lowest BCUT2D eigenvalue weighted by Crippen LogP contribution is -2.36. The number of para-hydroxylation sites is 2. The van der Waals surface area contributed by atoms with Gasteiger partial charge in [0.15, 0.2) is 0 Å². The molecule has 6 aliphatic rings. The Hall–Kier alpha value is -10.1. The Morgan fingerprint density at radius 2 is 0.908 bits per heavy atom. The van der Waals surface area contributed by atoms with Crippen LogP contribution in [0.5, 0.6) is 0 Å². The SMILES string of the molecule is Cc1ccc(C)c(C2(C3=CCC(Sc4ccc5c(c4)CC5)C=C3)c3ccccc3-c3ccc(N(c4ccccc4)c4ccc(-c5ccc(N(c6ccccc6)c6ccc7c(c6)C(c6ccc(Sc8ccc9c(c8)CC9)cc6)(c6cc(C)ccc6C)C6C=CC=CC76)cc5)cc4)cc32)c1. The molecule has 5 unspecified atom stereocenters. The molecular weight excluding hydrogens is 1220 g/mol. The van der Waals surface area contributed by atoms with Crippen LogP contribution in [0, 0.1) is 33.6 Å². The number of allylic oxidation sites excluding steroid dienone is 7. The molecule has 12 aromatic rings. The Morgan fingerprint density at radius 3 is 1.53 bits per heavy atom. The minimum atomic E-state index is -0.538. The molecule has 0 amide bonds. The third-order valence-corrected chi connectivity index (χ3v) is 24.4. The van der Waals surface area contributed by atoms with E-state index in [1.807, 2.05) is 23.5 Å². The third kappa shape index (κ3) is 10.1. The number of fused-ring (bicyclic) bond motifs is 8. The molecule has 2 nitrogen and oxygen atoms in total. The van der Waals surface area contributed by atoms with E-state index < -0.39 is 10.8 Å². The quantitative estimate of drug-likeness (QED) is 0.101. The lowest BCUT2D eigenvalue weighted by atomic mass is 9.62. The van der Waals surface area contributed by atoms with Crippen LogP contribution >= 0.6 is 23.5 Å². The normalized spacial score (nSPS) is 19.4. The molecule has 0 radical (unpaired) electrons. The molecule has 0 fully saturated rings. The van der Waals surface area contributed by atoms with Crippen molar-refractivity contribution in [2.45, 2.75) is 96.5 Å². The van der Waals surface area contributed by atoms with Gasteiger partial charge in [0.2, 0.25) is 0 Å². The van der Waals surface area contributed by atoms with E-state index in [9.17, 15) is 0 Å². The fraction of sp³-hybridized carbons (Fsp3) is 0.149. The van der Waals surface area contributed by atoms with Crippen LogP contribution in [0.15, 0.2) is 330 Å². The first-order chi connectivity index (χ1) is 48.1. The summed E-state index contributed by atoms with van der Waals surface area (Å²) in [5.41, 5.74) is 32.6. The highest BCUT2D eigenvalue weighted by Gasteiger charge is 2.54. The topological polar surface area (TPSA) is 6.48 Å². The summed E-state index contributed by atoms with van der Waals surface area (Å²) < 4.78 is 0. The van der Waals surface area contributed by atoms with Gasteiger partial charge < -0.3 is 9.80 Å². The van der Waals surface area contributed by atoms with Crippen molar-refractivity contribution in [1.82, 2.24) is 0 Å². The number of nitrogens with zero attached hydrogens (tertiary/aromatic N) is 2. The average molecular weight is 1300 g/mol. The molecule has 0 saturated carbocycles. The van der Waals surface area contributed by atoms with E-state index in [0.29, 0.717) is 5.25 Å². The van der Waals surface area contributed by atoms with E-state index in [2.05, 4.69) is 347 Å². The van der Waals surface area contributed by atoms with Crippen LogP contribution in [0.2, 0.25) is 0 Å². The molecule has 98 heavy (non-hydrogen) atoms. The van der Waals surface area contributed by atoms with Gasteiger partial charge in [-0.15, -0.1) is 11.8 Å². The van der Waals surface area contributed by atoms with Crippen molar-refractivity contribution >= 4 is 57.6 Å². The molecule has 0 saturated heterocycles. The zero-order valence-electron chi connectivity index (χ0n) is 55.9. The van der Waals surface area contributed by atoms with Gasteiger partial charge in [-0.2, -0.15) is 0 Å². The van der Waals surface area contributed by atoms with Gasteiger partial charge in [0.05, 0.1) is 10.8 Å². The maximum atomic E-state index is 2.57. The van der Waals surface area contributed by atoms with Crippen molar-refractivity contribution in [3.8, 4) is 22.3 Å². The van der Waals surface area contributed by atoms with Crippen LogP contribution in [0.3, 0.4) is 0 Å². The van der Waals surface area contributed by atoms with E-state index in [0.717, 1.165) is 51.7 Å². The molecule has 4 heteroatoms. The summed E-state index contributed by atoms with van der Waals surface area (Å²) in [5.74, 6) is 0.391. The maximum Gasteiger partial charge on any atom is 0.0713 e. The van der Waals surface area contributed by atoms with E-state index in [4.69, 9.17) is 0 Å². The highest BCUT2D eigenvalue weighted by Crippen LogP contribution is 2.63. The van der Waals surface area contributed by atoms with Gasteiger partial charge in [-0.25, -0.2) is 0 Å². The van der Waals surface area contributed by atoms with E-state index >= 15 is 0 Å². The first-order valence-corrected chi connectivity index (χ1v) is 36.7. The molecule has 18 rings (SSSR count). The minimum Gasteiger partial charge on any atom is -0.310 e. The average Bonchev–Trinajstić information content (AvgIpc) is 1.52. The number of hydrogen-bond donors (Lipinski definition) is 0. The summed E-state index contributed by atoms with van der Waals surface area (Å²) >= 11 is 3.88. The Bertz CT molecular complexity index is 5250. The highest BCUT2D eigenvalue weighted by atomic mass is 32.2. The first kappa shape index (κ1) is 60.3. The number of hydrogen-bond acceptors (Lipinski definition) is 4. The fourth-order valence-corrected chi connectivity index (χ4v) is 19.2. The van der Waals surface area contributed by atoms with Crippen LogP contribution in [-0.4, -0.2) is 5.25 Å². The molecule has 0 heterocycles. The minimum absolute atomic E-state index is 0.176. The zero-order chi connectivity index (χ0) is 65.6. The lowest BCUT2D eigenvalue weighted by molar-refractivity contribution is 0.454. The molecule has 0 bridgehead atoms. The molecule has 0 aromatic heterocycles. The monoisotopic (exact) mass is 1300 g/mol. The van der Waals surface area contributed by atoms with Crippen molar-refractivity contribution in [2.75, 3.05) is 9.80 Å². The molecular formula is C94H76N2S2. The van der Waals surface area contributed by atoms with Crippen LogP contribution in [0.1, 0.15) is 95.8 Å².